The Bertz CT molecular complexity index is 714. The third-order valence-electron chi connectivity index (χ3n) is 4.76. The van der Waals surface area contributed by atoms with Gasteiger partial charge in [-0.2, -0.15) is 0 Å². The van der Waals surface area contributed by atoms with Crippen LogP contribution in [0.3, 0.4) is 0 Å². The predicted molar refractivity (Wildman–Crippen MR) is 96.4 cm³/mol. The Morgan fingerprint density at radius 1 is 1.44 bits per heavy atom. The first-order valence-corrected chi connectivity index (χ1v) is 8.76. The number of esters is 2. The molecule has 1 aliphatic heterocycles. The number of carbonyl (C=O) groups is 3. The van der Waals surface area contributed by atoms with Gasteiger partial charge < -0.3 is 19.7 Å². The van der Waals surface area contributed by atoms with Crippen LogP contribution in [0.5, 0.6) is 0 Å². The van der Waals surface area contributed by atoms with Crippen molar-refractivity contribution in [2.45, 2.75) is 38.4 Å². The molecule has 2 aliphatic rings. The maximum Gasteiger partial charge on any atom is 0.336 e. The molecular weight excluding hydrogens is 352 g/mol. The van der Waals surface area contributed by atoms with E-state index in [0.29, 0.717) is 30.3 Å². The summed E-state index contributed by atoms with van der Waals surface area (Å²) >= 11 is 0. The molecule has 0 aromatic rings. The molecule has 0 aromatic heterocycles. The van der Waals surface area contributed by atoms with Crippen LogP contribution in [-0.4, -0.2) is 53.9 Å². The van der Waals surface area contributed by atoms with E-state index in [0.717, 1.165) is 0 Å². The molecule has 1 fully saturated rings. The fraction of sp³-hybridized carbons (Fsp3) is 0.450. The lowest BCUT2D eigenvalue weighted by atomic mass is 9.85. The summed E-state index contributed by atoms with van der Waals surface area (Å²) in [6.07, 6.45) is 4.99. The molecule has 0 saturated carbocycles. The van der Waals surface area contributed by atoms with Crippen LogP contribution in [0.1, 0.15) is 26.2 Å². The number of ether oxygens (including phenoxy) is 2. The molecule has 2 rings (SSSR count). The zero-order valence-electron chi connectivity index (χ0n) is 15.2. The van der Waals surface area contributed by atoms with E-state index in [9.17, 15) is 24.6 Å². The molecule has 0 aromatic carbocycles. The highest BCUT2D eigenvalue weighted by atomic mass is 16.6. The fourth-order valence-corrected chi connectivity index (χ4v) is 3.21. The van der Waals surface area contributed by atoms with Crippen LogP contribution in [0, 0.1) is 5.92 Å². The van der Waals surface area contributed by atoms with Gasteiger partial charge >= 0.3 is 11.9 Å². The lowest BCUT2D eigenvalue weighted by Crippen LogP contribution is -2.34. The highest BCUT2D eigenvalue weighted by Gasteiger charge is 2.44. The number of rotatable bonds is 5. The molecule has 0 radical (unpaired) electrons. The first-order valence-electron chi connectivity index (χ1n) is 8.76. The van der Waals surface area contributed by atoms with Crippen LogP contribution in [0.25, 0.3) is 0 Å². The normalized spacial score (nSPS) is 26.5. The van der Waals surface area contributed by atoms with Gasteiger partial charge in [0, 0.05) is 12.0 Å². The van der Waals surface area contributed by atoms with Crippen molar-refractivity contribution >= 4 is 18.2 Å². The molecule has 1 saturated heterocycles. The monoisotopic (exact) mass is 376 g/mol. The number of aldehydes is 1. The van der Waals surface area contributed by atoms with Crippen molar-refractivity contribution in [3.05, 3.63) is 47.1 Å². The quantitative estimate of drug-likeness (QED) is 0.321. The second kappa shape index (κ2) is 9.43. The first kappa shape index (κ1) is 20.8. The number of allylic oxidation sites excluding steroid dienone is 2. The second-order valence-corrected chi connectivity index (χ2v) is 6.46. The molecule has 2 N–H and O–H groups in total. The number of carbonyl (C=O) groups excluding carboxylic acids is 3. The van der Waals surface area contributed by atoms with Gasteiger partial charge in [-0.15, -0.1) is 0 Å². The number of aliphatic hydroxyl groups is 2. The Balaban J connectivity index is 2.44. The summed E-state index contributed by atoms with van der Waals surface area (Å²) < 4.78 is 10.9. The number of aliphatic hydroxyl groups excluding tert-OH is 2. The Labute approximate surface area is 157 Å². The van der Waals surface area contributed by atoms with E-state index in [-0.39, 0.29) is 24.2 Å². The maximum atomic E-state index is 12.3. The summed E-state index contributed by atoms with van der Waals surface area (Å²) in [7, 11) is 0. The van der Waals surface area contributed by atoms with E-state index in [1.165, 1.54) is 6.08 Å². The highest BCUT2D eigenvalue weighted by molar-refractivity contribution is 5.92. The summed E-state index contributed by atoms with van der Waals surface area (Å²) in [4.78, 5) is 35.9. The lowest BCUT2D eigenvalue weighted by Gasteiger charge is -2.27. The topological polar surface area (TPSA) is 110 Å². The number of hydrogen-bond donors (Lipinski definition) is 2. The molecule has 27 heavy (non-hydrogen) atoms. The second-order valence-electron chi connectivity index (χ2n) is 6.46. The molecule has 7 nitrogen and oxygen atoms in total. The van der Waals surface area contributed by atoms with Crippen LogP contribution in [0.4, 0.5) is 0 Å². The fourth-order valence-electron chi connectivity index (χ4n) is 3.21. The van der Waals surface area contributed by atoms with Crippen molar-refractivity contribution in [1.29, 1.82) is 0 Å². The van der Waals surface area contributed by atoms with Gasteiger partial charge in [0.25, 0.3) is 0 Å². The minimum atomic E-state index is -0.881. The minimum Gasteiger partial charge on any atom is -0.458 e. The summed E-state index contributed by atoms with van der Waals surface area (Å²) in [5, 5.41) is 18.8. The third-order valence-corrected chi connectivity index (χ3v) is 4.76. The van der Waals surface area contributed by atoms with E-state index in [4.69, 9.17) is 9.47 Å². The van der Waals surface area contributed by atoms with E-state index in [2.05, 4.69) is 6.58 Å². The Kier molecular flexibility index (Phi) is 7.27. The molecule has 146 valence electrons. The van der Waals surface area contributed by atoms with Gasteiger partial charge in [0.1, 0.15) is 18.5 Å². The van der Waals surface area contributed by atoms with Crippen LogP contribution in [0.2, 0.25) is 0 Å². The molecule has 1 aliphatic carbocycles. The van der Waals surface area contributed by atoms with Gasteiger partial charge in [-0.1, -0.05) is 18.7 Å². The molecule has 0 amide bonds. The maximum absolute atomic E-state index is 12.3. The van der Waals surface area contributed by atoms with Gasteiger partial charge in [-0.25, -0.2) is 9.59 Å². The Morgan fingerprint density at radius 2 is 2.19 bits per heavy atom. The average molecular weight is 376 g/mol. The molecule has 1 heterocycles. The van der Waals surface area contributed by atoms with Crippen molar-refractivity contribution in [2.75, 3.05) is 13.2 Å². The molecule has 3 unspecified atom stereocenters. The van der Waals surface area contributed by atoms with Gasteiger partial charge in [-0.05, 0) is 37.0 Å². The van der Waals surface area contributed by atoms with E-state index >= 15 is 0 Å². The number of hydrogen-bond acceptors (Lipinski definition) is 7. The van der Waals surface area contributed by atoms with Crippen LogP contribution in [-0.2, 0) is 23.9 Å². The van der Waals surface area contributed by atoms with Crippen molar-refractivity contribution in [1.82, 2.24) is 0 Å². The minimum absolute atomic E-state index is 0.0720. The highest BCUT2D eigenvalue weighted by Crippen LogP contribution is 2.36. The third kappa shape index (κ3) is 4.81. The molecule has 0 bridgehead atoms. The van der Waals surface area contributed by atoms with E-state index < -0.39 is 36.7 Å². The lowest BCUT2D eigenvalue weighted by molar-refractivity contribution is -0.147. The summed E-state index contributed by atoms with van der Waals surface area (Å²) in [6, 6.07) is 0. The molecular formula is C20H24O7. The summed E-state index contributed by atoms with van der Waals surface area (Å²) in [6.45, 7) is 4.65. The van der Waals surface area contributed by atoms with Crippen LogP contribution in [0.15, 0.2) is 47.1 Å². The van der Waals surface area contributed by atoms with E-state index in [1.54, 1.807) is 19.1 Å². The summed E-state index contributed by atoms with van der Waals surface area (Å²) in [5.74, 6) is -2.03. The zero-order valence-corrected chi connectivity index (χ0v) is 15.2. The Hall–Kier alpha value is -2.51. The Morgan fingerprint density at radius 3 is 2.78 bits per heavy atom. The number of fused-ring (bicyclic) bond motifs is 1. The van der Waals surface area contributed by atoms with Crippen molar-refractivity contribution in [3.63, 3.8) is 0 Å². The van der Waals surface area contributed by atoms with Crippen LogP contribution >= 0.6 is 0 Å². The van der Waals surface area contributed by atoms with Gasteiger partial charge in [0.05, 0.1) is 24.7 Å². The largest absolute Gasteiger partial charge is 0.458 e. The zero-order chi connectivity index (χ0) is 20.0. The van der Waals surface area contributed by atoms with Gasteiger partial charge in [0.15, 0.2) is 0 Å². The molecule has 3 atom stereocenters. The van der Waals surface area contributed by atoms with E-state index in [1.807, 2.05) is 0 Å². The van der Waals surface area contributed by atoms with Crippen molar-refractivity contribution in [3.8, 4) is 0 Å². The van der Waals surface area contributed by atoms with Gasteiger partial charge in [0.2, 0.25) is 0 Å². The molecule has 0 spiro atoms. The molecule has 7 heteroatoms. The van der Waals surface area contributed by atoms with Crippen molar-refractivity contribution in [2.24, 2.45) is 5.92 Å². The first-order chi connectivity index (χ1) is 12.9. The standard InChI is InChI=1S/C20H24O7/c1-3-15(11-23)20(25)27-17-8-14(10-22)6-4-5-13(9-21)7-16-18(17)12(2)19(24)26-16/h3,6-7,10,16-18,21,23H,2,4-5,8-9,11H2,1H3. The van der Waals surface area contributed by atoms with Gasteiger partial charge in [-0.3, -0.25) is 4.79 Å². The smallest absolute Gasteiger partial charge is 0.336 e. The van der Waals surface area contributed by atoms with Crippen LogP contribution < -0.4 is 0 Å². The van der Waals surface area contributed by atoms with Crippen molar-refractivity contribution < 1.29 is 34.1 Å². The SMILES string of the molecule is C=C1C(=O)OC2C=C(CO)CCC=C(C=O)CC(OC(=O)C(=CC)CO)C12. The average Bonchev–Trinajstić information content (AvgIpc) is 2.93. The summed E-state index contributed by atoms with van der Waals surface area (Å²) in [5.41, 5.74) is 1.29. The predicted octanol–water partition coefficient (Wildman–Crippen LogP) is 1.16.